The van der Waals surface area contributed by atoms with Gasteiger partial charge in [-0.25, -0.2) is 4.79 Å². The van der Waals surface area contributed by atoms with Crippen molar-refractivity contribution in [3.8, 4) is 18.2 Å². The molecule has 0 aromatic heterocycles. The van der Waals surface area contributed by atoms with Gasteiger partial charge in [0.2, 0.25) is 0 Å². The van der Waals surface area contributed by atoms with E-state index in [-0.39, 0.29) is 0 Å². The number of ether oxygens (including phenoxy) is 1. The molecule has 0 aromatic rings. The van der Waals surface area contributed by atoms with E-state index < -0.39 is 22.2 Å². The normalized spacial score (nSPS) is 34.5. The fourth-order valence-corrected chi connectivity index (χ4v) is 3.81. The van der Waals surface area contributed by atoms with E-state index in [1.54, 1.807) is 13.0 Å². The van der Waals surface area contributed by atoms with E-state index in [0.29, 0.717) is 31.4 Å². The molecular weight excluding hydrogens is 254 g/mol. The SMILES string of the molecule is CC[C@]12C=C(C)OC(=O)[C@@]1(C#N)CCCC2(C#N)C#N. The first-order chi connectivity index (χ1) is 9.47. The number of cyclic esters (lactones) is 1. The molecule has 1 saturated carbocycles. The summed E-state index contributed by atoms with van der Waals surface area (Å²) in [7, 11) is 0. The molecule has 5 heteroatoms. The summed E-state index contributed by atoms with van der Waals surface area (Å²) in [6.07, 6.45) is 3.20. The second-order valence-electron chi connectivity index (χ2n) is 5.47. The summed E-state index contributed by atoms with van der Waals surface area (Å²) < 4.78 is 5.14. The molecule has 2 rings (SSSR count). The number of nitriles is 3. The van der Waals surface area contributed by atoms with E-state index >= 15 is 0 Å². The van der Waals surface area contributed by atoms with Gasteiger partial charge in [0.15, 0.2) is 10.8 Å². The van der Waals surface area contributed by atoms with Crippen LogP contribution < -0.4 is 0 Å². The number of fused-ring (bicyclic) bond motifs is 1. The smallest absolute Gasteiger partial charge is 0.332 e. The van der Waals surface area contributed by atoms with Gasteiger partial charge in [-0.2, -0.15) is 15.8 Å². The molecule has 0 N–H and O–H groups in total. The van der Waals surface area contributed by atoms with Gasteiger partial charge in [-0.05, 0) is 38.7 Å². The summed E-state index contributed by atoms with van der Waals surface area (Å²) in [6, 6.07) is 6.27. The lowest BCUT2D eigenvalue weighted by Gasteiger charge is -2.54. The zero-order chi connectivity index (χ0) is 15.0. The van der Waals surface area contributed by atoms with E-state index in [4.69, 9.17) is 4.74 Å². The van der Waals surface area contributed by atoms with Crippen LogP contribution in [-0.2, 0) is 9.53 Å². The molecule has 1 heterocycles. The number of esters is 1. The topological polar surface area (TPSA) is 97.7 Å². The van der Waals surface area contributed by atoms with Crippen LogP contribution in [0.5, 0.6) is 0 Å². The fraction of sp³-hybridized carbons (Fsp3) is 0.600. The minimum atomic E-state index is -1.44. The summed E-state index contributed by atoms with van der Waals surface area (Å²) in [4.78, 5) is 12.4. The van der Waals surface area contributed by atoms with Crippen LogP contribution in [0.2, 0.25) is 0 Å². The molecule has 0 amide bonds. The Labute approximate surface area is 118 Å². The zero-order valence-electron chi connectivity index (χ0n) is 11.6. The Morgan fingerprint density at radius 3 is 2.40 bits per heavy atom. The Morgan fingerprint density at radius 2 is 1.90 bits per heavy atom. The van der Waals surface area contributed by atoms with Crippen molar-refractivity contribution < 1.29 is 9.53 Å². The summed E-state index contributed by atoms with van der Waals surface area (Å²) >= 11 is 0. The van der Waals surface area contributed by atoms with E-state index in [9.17, 15) is 20.6 Å². The average Bonchev–Trinajstić information content (AvgIpc) is 2.46. The van der Waals surface area contributed by atoms with Crippen molar-refractivity contribution in [2.45, 2.75) is 39.5 Å². The molecule has 0 spiro atoms. The van der Waals surface area contributed by atoms with E-state index in [2.05, 4.69) is 18.2 Å². The Morgan fingerprint density at radius 1 is 1.25 bits per heavy atom. The number of nitrogens with zero attached hydrogens (tertiary/aromatic N) is 3. The zero-order valence-corrected chi connectivity index (χ0v) is 11.6. The molecule has 1 aliphatic carbocycles. The molecule has 0 aromatic carbocycles. The quantitative estimate of drug-likeness (QED) is 0.681. The minimum Gasteiger partial charge on any atom is -0.430 e. The molecule has 1 aliphatic heterocycles. The molecule has 0 radical (unpaired) electrons. The molecule has 2 atom stereocenters. The van der Waals surface area contributed by atoms with Gasteiger partial charge in [0.05, 0.1) is 23.6 Å². The van der Waals surface area contributed by atoms with Gasteiger partial charge in [0, 0.05) is 0 Å². The van der Waals surface area contributed by atoms with Gasteiger partial charge < -0.3 is 4.74 Å². The van der Waals surface area contributed by atoms with Crippen LogP contribution in [0.1, 0.15) is 39.5 Å². The standard InChI is InChI=1S/C15H15N3O2/c1-3-15-7-11(2)20-12(19)14(15,10-18)6-4-5-13(15,8-16)9-17/h7H,3-6H2,1-2H3/t14-,15+/m0/s1. The first-order valence-electron chi connectivity index (χ1n) is 6.63. The van der Waals surface area contributed by atoms with Gasteiger partial charge in [0.25, 0.3) is 0 Å². The van der Waals surface area contributed by atoms with E-state index in [1.807, 2.05) is 6.92 Å². The Kier molecular flexibility index (Phi) is 3.07. The van der Waals surface area contributed by atoms with E-state index in [0.717, 1.165) is 0 Å². The molecule has 1 fully saturated rings. The second kappa shape index (κ2) is 4.36. The summed E-state index contributed by atoms with van der Waals surface area (Å²) in [5.41, 5.74) is -3.91. The number of carbonyl (C=O) groups excluding carboxylic acids is 1. The number of hydrogen-bond acceptors (Lipinski definition) is 5. The summed E-state index contributed by atoms with van der Waals surface area (Å²) in [5.74, 6) is -0.268. The van der Waals surface area contributed by atoms with Crippen LogP contribution in [-0.4, -0.2) is 5.97 Å². The number of allylic oxidation sites excluding steroid dienone is 2. The summed E-state index contributed by atoms with van der Waals surface area (Å²) in [6.45, 7) is 3.42. The molecular formula is C15H15N3O2. The van der Waals surface area contributed by atoms with Crippen molar-refractivity contribution >= 4 is 5.97 Å². The molecule has 20 heavy (non-hydrogen) atoms. The molecule has 102 valence electrons. The van der Waals surface area contributed by atoms with Gasteiger partial charge in [0.1, 0.15) is 5.76 Å². The third-order valence-electron chi connectivity index (χ3n) is 4.81. The highest BCUT2D eigenvalue weighted by atomic mass is 16.5. The fourth-order valence-electron chi connectivity index (χ4n) is 3.81. The van der Waals surface area contributed by atoms with Crippen molar-refractivity contribution in [1.82, 2.24) is 0 Å². The van der Waals surface area contributed by atoms with E-state index in [1.165, 1.54) is 0 Å². The maximum atomic E-state index is 12.4. The predicted molar refractivity (Wildman–Crippen MR) is 68.1 cm³/mol. The van der Waals surface area contributed by atoms with Gasteiger partial charge in [-0.3, -0.25) is 0 Å². The van der Waals surface area contributed by atoms with Crippen molar-refractivity contribution in [1.29, 1.82) is 15.8 Å². The van der Waals surface area contributed by atoms with Crippen LogP contribution in [0.25, 0.3) is 0 Å². The number of carbonyl (C=O) groups is 1. The lowest BCUT2D eigenvalue weighted by molar-refractivity contribution is -0.165. The molecule has 2 aliphatic rings. The van der Waals surface area contributed by atoms with Crippen LogP contribution >= 0.6 is 0 Å². The van der Waals surface area contributed by atoms with Gasteiger partial charge in [-0.15, -0.1) is 0 Å². The maximum Gasteiger partial charge on any atom is 0.332 e. The van der Waals surface area contributed by atoms with Crippen molar-refractivity contribution in [3.05, 3.63) is 11.8 Å². The van der Waals surface area contributed by atoms with Crippen LogP contribution in [0, 0.1) is 50.2 Å². The third kappa shape index (κ3) is 1.32. The monoisotopic (exact) mass is 269 g/mol. The number of rotatable bonds is 1. The molecule has 0 unspecified atom stereocenters. The molecule has 0 saturated heterocycles. The van der Waals surface area contributed by atoms with Gasteiger partial charge in [-0.1, -0.05) is 6.92 Å². The molecule has 0 bridgehead atoms. The Hall–Kier alpha value is -2.32. The minimum absolute atomic E-state index is 0.324. The van der Waals surface area contributed by atoms with Crippen molar-refractivity contribution in [2.75, 3.05) is 0 Å². The van der Waals surface area contributed by atoms with Crippen LogP contribution in [0.4, 0.5) is 0 Å². The molecule has 5 nitrogen and oxygen atoms in total. The van der Waals surface area contributed by atoms with Crippen LogP contribution in [0.15, 0.2) is 11.8 Å². The van der Waals surface area contributed by atoms with Crippen LogP contribution in [0.3, 0.4) is 0 Å². The lowest BCUT2D eigenvalue weighted by atomic mass is 9.44. The Bertz CT molecular complexity index is 603. The largest absolute Gasteiger partial charge is 0.430 e. The average molecular weight is 269 g/mol. The highest BCUT2D eigenvalue weighted by molar-refractivity contribution is 5.84. The first kappa shape index (κ1) is 14.1. The predicted octanol–water partition coefficient (Wildman–Crippen LogP) is 2.57. The number of hydrogen-bond donors (Lipinski definition) is 0. The van der Waals surface area contributed by atoms with Gasteiger partial charge >= 0.3 is 5.97 Å². The first-order valence-corrected chi connectivity index (χ1v) is 6.63. The van der Waals surface area contributed by atoms with Crippen molar-refractivity contribution in [2.24, 2.45) is 16.2 Å². The maximum absolute atomic E-state index is 12.4. The summed E-state index contributed by atoms with van der Waals surface area (Å²) in [5, 5.41) is 28.8. The Balaban J connectivity index is 2.86. The second-order valence-corrected chi connectivity index (χ2v) is 5.47. The third-order valence-corrected chi connectivity index (χ3v) is 4.81. The van der Waals surface area contributed by atoms with Crippen molar-refractivity contribution in [3.63, 3.8) is 0 Å². The highest BCUT2D eigenvalue weighted by Gasteiger charge is 2.70. The highest BCUT2D eigenvalue weighted by Crippen LogP contribution is 2.64. The lowest BCUT2D eigenvalue weighted by Crippen LogP contribution is -2.59.